The molecule has 2 aliphatic heterocycles. The minimum atomic E-state index is -0.182. The van der Waals surface area contributed by atoms with E-state index < -0.39 is 0 Å². The molecule has 102 valence electrons. The first-order valence-corrected chi connectivity index (χ1v) is 6.58. The normalized spacial score (nSPS) is 12.3. The number of ketones is 1. The van der Waals surface area contributed by atoms with Crippen molar-refractivity contribution in [2.75, 3.05) is 7.11 Å². The van der Waals surface area contributed by atoms with Gasteiger partial charge in [-0.1, -0.05) is 12.1 Å². The summed E-state index contributed by atoms with van der Waals surface area (Å²) in [7, 11) is 1.45. The van der Waals surface area contributed by atoms with Crippen LogP contribution in [0.4, 0.5) is 0 Å². The molecule has 1 aromatic rings. The molecule has 0 radical (unpaired) electrons. The standard InChI is InChI=1S/C17H11NO3/c1-21-15-9-12-10(8-14(15)19)6-7-18-13-5-3-2-4-11(13)17(20)16(12)18/h2-9H,1H3. The monoisotopic (exact) mass is 277 g/mol. The third-order valence-electron chi connectivity index (χ3n) is 3.86. The van der Waals surface area contributed by atoms with Gasteiger partial charge in [0.1, 0.15) is 5.69 Å². The van der Waals surface area contributed by atoms with Crippen LogP contribution in [-0.4, -0.2) is 17.5 Å². The lowest BCUT2D eigenvalue weighted by molar-refractivity contribution is 0.104. The fourth-order valence-corrected chi connectivity index (χ4v) is 2.87. The molecule has 0 spiro atoms. The molecule has 2 heterocycles. The Balaban J connectivity index is 2.11. The van der Waals surface area contributed by atoms with Gasteiger partial charge in [-0.2, -0.15) is 0 Å². The van der Waals surface area contributed by atoms with Gasteiger partial charge in [0.15, 0.2) is 5.75 Å². The zero-order valence-corrected chi connectivity index (χ0v) is 11.3. The number of pyridine rings is 1. The summed E-state index contributed by atoms with van der Waals surface area (Å²) in [5.41, 5.74) is 3.41. The van der Waals surface area contributed by atoms with Gasteiger partial charge >= 0.3 is 0 Å². The number of para-hydroxylation sites is 1. The summed E-state index contributed by atoms with van der Waals surface area (Å²) in [6.07, 6.45) is 1.83. The maximum atomic E-state index is 12.6. The molecule has 0 fully saturated rings. The van der Waals surface area contributed by atoms with Gasteiger partial charge in [0.25, 0.3) is 0 Å². The molecule has 1 aliphatic carbocycles. The van der Waals surface area contributed by atoms with E-state index in [1.165, 1.54) is 13.2 Å². The number of benzene rings is 2. The number of hydrogen-bond acceptors (Lipinski definition) is 3. The largest absolute Gasteiger partial charge is 0.493 e. The second-order valence-electron chi connectivity index (χ2n) is 4.97. The molecule has 4 rings (SSSR count). The molecule has 0 saturated carbocycles. The summed E-state index contributed by atoms with van der Waals surface area (Å²) >= 11 is 0. The SMILES string of the molecule is COc1cc2c3n(ccc-2cc1=O)-c1ccccc1C3=O. The molecule has 0 atom stereocenters. The highest BCUT2D eigenvalue weighted by atomic mass is 16.5. The Kier molecular flexibility index (Phi) is 2.30. The van der Waals surface area contributed by atoms with E-state index in [4.69, 9.17) is 4.74 Å². The van der Waals surface area contributed by atoms with Crippen molar-refractivity contribution in [1.82, 2.24) is 4.57 Å². The van der Waals surface area contributed by atoms with Gasteiger partial charge in [-0.15, -0.1) is 0 Å². The van der Waals surface area contributed by atoms with Crippen LogP contribution >= 0.6 is 0 Å². The Hall–Kier alpha value is -2.88. The molecule has 0 saturated heterocycles. The van der Waals surface area contributed by atoms with E-state index in [1.807, 2.05) is 41.1 Å². The summed E-state index contributed by atoms with van der Waals surface area (Å²) < 4.78 is 6.96. The Morgan fingerprint density at radius 1 is 1.00 bits per heavy atom. The quantitative estimate of drug-likeness (QED) is 0.537. The minimum Gasteiger partial charge on any atom is -0.493 e. The highest BCUT2D eigenvalue weighted by Crippen LogP contribution is 2.36. The number of ether oxygens (including phenoxy) is 1. The molecule has 0 N–H and O–H groups in total. The molecular weight excluding hydrogens is 266 g/mol. The topological polar surface area (TPSA) is 48.3 Å². The molecule has 1 aromatic carbocycles. The van der Waals surface area contributed by atoms with Crippen molar-refractivity contribution in [3.63, 3.8) is 0 Å². The van der Waals surface area contributed by atoms with Crippen LogP contribution in [0.1, 0.15) is 16.1 Å². The van der Waals surface area contributed by atoms with Crippen molar-refractivity contribution >= 4 is 5.78 Å². The summed E-state index contributed by atoms with van der Waals surface area (Å²) in [6, 6.07) is 12.5. The van der Waals surface area contributed by atoms with Crippen molar-refractivity contribution in [2.45, 2.75) is 0 Å². The molecular formula is C17H11NO3. The van der Waals surface area contributed by atoms with E-state index in [1.54, 1.807) is 6.07 Å². The van der Waals surface area contributed by atoms with Gasteiger partial charge in [-0.25, -0.2) is 0 Å². The van der Waals surface area contributed by atoms with Crippen LogP contribution < -0.4 is 10.2 Å². The second kappa shape index (κ2) is 4.06. The average molecular weight is 277 g/mol. The van der Waals surface area contributed by atoms with E-state index in [9.17, 15) is 9.59 Å². The van der Waals surface area contributed by atoms with E-state index in [0.717, 1.165) is 16.8 Å². The number of rotatable bonds is 1. The van der Waals surface area contributed by atoms with E-state index in [0.29, 0.717) is 11.3 Å². The lowest BCUT2D eigenvalue weighted by atomic mass is 9.99. The van der Waals surface area contributed by atoms with Gasteiger partial charge in [0.2, 0.25) is 11.2 Å². The third kappa shape index (κ3) is 1.50. The molecule has 3 aliphatic rings. The van der Waals surface area contributed by atoms with Gasteiger partial charge in [0, 0.05) is 17.3 Å². The van der Waals surface area contributed by atoms with E-state index >= 15 is 0 Å². The minimum absolute atomic E-state index is 0.0306. The molecule has 4 heteroatoms. The van der Waals surface area contributed by atoms with Crippen molar-refractivity contribution in [3.8, 4) is 22.6 Å². The van der Waals surface area contributed by atoms with Crippen LogP contribution in [0.5, 0.6) is 5.75 Å². The van der Waals surface area contributed by atoms with Crippen molar-refractivity contribution in [2.24, 2.45) is 0 Å². The number of fused-ring (bicyclic) bond motifs is 5. The fourth-order valence-electron chi connectivity index (χ4n) is 2.87. The maximum absolute atomic E-state index is 12.6. The number of nitrogens with zero attached hydrogens (tertiary/aromatic N) is 1. The zero-order valence-electron chi connectivity index (χ0n) is 11.3. The van der Waals surface area contributed by atoms with Crippen LogP contribution in [-0.2, 0) is 0 Å². The van der Waals surface area contributed by atoms with E-state index in [2.05, 4.69) is 0 Å². The summed E-state index contributed by atoms with van der Waals surface area (Å²) in [5.74, 6) is 0.220. The first-order chi connectivity index (χ1) is 10.2. The third-order valence-corrected chi connectivity index (χ3v) is 3.86. The summed E-state index contributed by atoms with van der Waals surface area (Å²) in [6.45, 7) is 0. The predicted octanol–water partition coefficient (Wildman–Crippen LogP) is 2.50. The highest BCUT2D eigenvalue weighted by molar-refractivity contribution is 6.17. The Morgan fingerprint density at radius 2 is 1.81 bits per heavy atom. The Morgan fingerprint density at radius 3 is 2.62 bits per heavy atom. The van der Waals surface area contributed by atoms with Crippen LogP contribution in [0.25, 0.3) is 16.8 Å². The molecule has 0 amide bonds. The first-order valence-electron chi connectivity index (χ1n) is 6.58. The molecule has 21 heavy (non-hydrogen) atoms. The first kappa shape index (κ1) is 11.9. The summed E-state index contributed by atoms with van der Waals surface area (Å²) in [5, 5.41) is 0. The Bertz CT molecular complexity index is 924. The van der Waals surface area contributed by atoms with Crippen molar-refractivity contribution < 1.29 is 9.53 Å². The van der Waals surface area contributed by atoms with Gasteiger partial charge < -0.3 is 9.30 Å². The number of carbonyl (C=O) groups excluding carboxylic acids is 1. The summed E-state index contributed by atoms with van der Waals surface area (Å²) in [4.78, 5) is 24.5. The molecule has 0 bridgehead atoms. The smallest absolute Gasteiger partial charge is 0.220 e. The zero-order chi connectivity index (χ0) is 14.6. The Labute approximate surface area is 120 Å². The van der Waals surface area contributed by atoms with Gasteiger partial charge in [-0.3, -0.25) is 9.59 Å². The number of methoxy groups -OCH3 is 1. The van der Waals surface area contributed by atoms with Crippen LogP contribution in [0, 0.1) is 0 Å². The maximum Gasteiger partial charge on any atom is 0.220 e. The van der Waals surface area contributed by atoms with E-state index in [-0.39, 0.29) is 17.0 Å². The number of aromatic nitrogens is 1. The second-order valence-corrected chi connectivity index (χ2v) is 4.97. The van der Waals surface area contributed by atoms with Gasteiger partial charge in [0.05, 0.1) is 12.8 Å². The molecule has 0 aromatic heterocycles. The predicted molar refractivity (Wildman–Crippen MR) is 78.6 cm³/mol. The molecule has 0 unspecified atom stereocenters. The van der Waals surface area contributed by atoms with Crippen LogP contribution in [0.2, 0.25) is 0 Å². The van der Waals surface area contributed by atoms with Crippen molar-refractivity contribution in [3.05, 3.63) is 70.1 Å². The average Bonchev–Trinajstić information content (AvgIpc) is 2.80. The van der Waals surface area contributed by atoms with Crippen LogP contribution in [0.3, 0.4) is 0 Å². The number of carbonyl (C=O) groups is 1. The molecule has 4 nitrogen and oxygen atoms in total. The number of hydrogen-bond donors (Lipinski definition) is 0. The van der Waals surface area contributed by atoms with Crippen molar-refractivity contribution in [1.29, 1.82) is 0 Å². The lowest BCUT2D eigenvalue weighted by Gasteiger charge is -2.13. The highest BCUT2D eigenvalue weighted by Gasteiger charge is 2.29. The van der Waals surface area contributed by atoms with Crippen LogP contribution in [0.15, 0.2) is 53.5 Å². The lowest BCUT2D eigenvalue weighted by Crippen LogP contribution is -2.10. The fraction of sp³-hybridized carbons (Fsp3) is 0.0588. The van der Waals surface area contributed by atoms with Gasteiger partial charge in [-0.05, 0) is 35.9 Å².